The number of nitrogens with one attached hydrogen (secondary N) is 1. The Morgan fingerprint density at radius 1 is 1.00 bits per heavy atom. The molecular weight excluding hydrogens is 288 g/mol. The van der Waals surface area contributed by atoms with Crippen molar-refractivity contribution in [1.82, 2.24) is 10.2 Å². The fourth-order valence-electron chi connectivity index (χ4n) is 2.60. The first-order valence-corrected chi connectivity index (χ1v) is 7.86. The van der Waals surface area contributed by atoms with Gasteiger partial charge < -0.3 is 10.2 Å². The lowest BCUT2D eigenvalue weighted by molar-refractivity contribution is 0.0729. The molecule has 3 rings (SSSR count). The number of nitrogens with zero attached hydrogens (tertiary/aromatic N) is 1. The summed E-state index contributed by atoms with van der Waals surface area (Å²) in [7, 11) is 1.61. The van der Waals surface area contributed by atoms with Gasteiger partial charge in [-0.2, -0.15) is 0 Å². The van der Waals surface area contributed by atoms with Crippen LogP contribution in [-0.4, -0.2) is 29.8 Å². The Labute approximate surface area is 136 Å². The molecule has 118 valence electrons. The van der Waals surface area contributed by atoms with Crippen molar-refractivity contribution in [2.75, 3.05) is 7.05 Å². The maximum absolute atomic E-state index is 12.7. The summed E-state index contributed by atoms with van der Waals surface area (Å²) in [5, 5.41) is 2.61. The van der Waals surface area contributed by atoms with E-state index >= 15 is 0 Å². The Morgan fingerprint density at radius 2 is 1.65 bits per heavy atom. The van der Waals surface area contributed by atoms with Crippen molar-refractivity contribution in [3.05, 3.63) is 71.3 Å². The molecule has 2 aromatic carbocycles. The summed E-state index contributed by atoms with van der Waals surface area (Å²) in [6, 6.07) is 17.2. The maximum Gasteiger partial charge on any atom is 0.254 e. The average molecular weight is 308 g/mol. The van der Waals surface area contributed by atoms with Gasteiger partial charge in [0.15, 0.2) is 0 Å². The van der Waals surface area contributed by atoms with Gasteiger partial charge in [-0.15, -0.1) is 0 Å². The zero-order chi connectivity index (χ0) is 16.2. The molecule has 4 heteroatoms. The predicted molar refractivity (Wildman–Crippen MR) is 89.2 cm³/mol. The molecule has 0 atom stereocenters. The Balaban J connectivity index is 1.75. The number of amides is 2. The van der Waals surface area contributed by atoms with Gasteiger partial charge in [0, 0.05) is 30.8 Å². The molecule has 0 unspecified atom stereocenters. The van der Waals surface area contributed by atoms with E-state index in [1.807, 2.05) is 47.4 Å². The van der Waals surface area contributed by atoms with E-state index in [4.69, 9.17) is 0 Å². The topological polar surface area (TPSA) is 49.4 Å². The fraction of sp³-hybridized carbons (Fsp3) is 0.263. The highest BCUT2D eigenvalue weighted by molar-refractivity contribution is 5.95. The van der Waals surface area contributed by atoms with Gasteiger partial charge >= 0.3 is 0 Å². The molecule has 2 aromatic rings. The molecule has 1 aliphatic carbocycles. The van der Waals surface area contributed by atoms with Crippen LogP contribution in [0.5, 0.6) is 0 Å². The molecule has 1 fully saturated rings. The monoisotopic (exact) mass is 308 g/mol. The molecule has 0 aliphatic heterocycles. The summed E-state index contributed by atoms with van der Waals surface area (Å²) in [5.74, 6) is -0.0283. The summed E-state index contributed by atoms with van der Waals surface area (Å²) in [6.45, 7) is 0.576. The molecule has 23 heavy (non-hydrogen) atoms. The van der Waals surface area contributed by atoms with E-state index in [9.17, 15) is 9.59 Å². The second-order valence-electron chi connectivity index (χ2n) is 5.81. The molecule has 0 spiro atoms. The molecule has 0 heterocycles. The summed E-state index contributed by atoms with van der Waals surface area (Å²) < 4.78 is 0. The number of carbonyl (C=O) groups excluding carboxylic acids is 2. The van der Waals surface area contributed by atoms with Gasteiger partial charge in [-0.05, 0) is 42.7 Å². The standard InChI is InChI=1S/C19H20N2O2/c1-20-18(22)15-9-7-14(8-10-15)13-21(17-11-12-17)19(23)16-5-3-2-4-6-16/h2-10,17H,11-13H2,1H3,(H,20,22). The Kier molecular flexibility index (Phi) is 4.42. The first-order chi connectivity index (χ1) is 11.2. The van der Waals surface area contributed by atoms with Crippen molar-refractivity contribution < 1.29 is 9.59 Å². The third kappa shape index (κ3) is 3.59. The first-order valence-electron chi connectivity index (χ1n) is 7.86. The third-order valence-corrected chi connectivity index (χ3v) is 4.07. The van der Waals surface area contributed by atoms with Crippen LogP contribution in [0.3, 0.4) is 0 Å². The second-order valence-corrected chi connectivity index (χ2v) is 5.81. The third-order valence-electron chi connectivity index (χ3n) is 4.07. The minimum atomic E-state index is -0.101. The number of rotatable bonds is 5. The Hall–Kier alpha value is -2.62. The van der Waals surface area contributed by atoms with Crippen molar-refractivity contribution in [3.8, 4) is 0 Å². The maximum atomic E-state index is 12.7. The lowest BCUT2D eigenvalue weighted by Gasteiger charge is -2.23. The predicted octanol–water partition coefficient (Wildman–Crippen LogP) is 2.85. The number of hydrogen-bond acceptors (Lipinski definition) is 2. The van der Waals surface area contributed by atoms with Gasteiger partial charge in [0.2, 0.25) is 0 Å². The molecule has 0 saturated heterocycles. The summed E-state index contributed by atoms with van der Waals surface area (Å²) in [5.41, 5.74) is 2.39. The molecule has 0 radical (unpaired) electrons. The van der Waals surface area contributed by atoms with Crippen molar-refractivity contribution in [2.24, 2.45) is 0 Å². The second kappa shape index (κ2) is 6.65. The van der Waals surface area contributed by atoms with Crippen molar-refractivity contribution in [1.29, 1.82) is 0 Å². The highest BCUT2D eigenvalue weighted by atomic mass is 16.2. The molecule has 4 nitrogen and oxygen atoms in total. The molecule has 0 aromatic heterocycles. The SMILES string of the molecule is CNC(=O)c1ccc(CN(C(=O)c2ccccc2)C2CC2)cc1. The molecule has 0 bridgehead atoms. The largest absolute Gasteiger partial charge is 0.355 e. The quantitative estimate of drug-likeness (QED) is 0.923. The van der Waals surface area contributed by atoms with Crippen LogP contribution >= 0.6 is 0 Å². The van der Waals surface area contributed by atoms with Crippen molar-refractivity contribution >= 4 is 11.8 Å². The van der Waals surface area contributed by atoms with Crippen LogP contribution in [0.4, 0.5) is 0 Å². The van der Waals surface area contributed by atoms with Gasteiger partial charge in [-0.1, -0.05) is 30.3 Å². The number of hydrogen-bond donors (Lipinski definition) is 1. The Morgan fingerprint density at radius 3 is 2.22 bits per heavy atom. The van der Waals surface area contributed by atoms with E-state index in [0.717, 1.165) is 24.0 Å². The van der Waals surface area contributed by atoms with Gasteiger partial charge in [0.1, 0.15) is 0 Å². The van der Waals surface area contributed by atoms with Crippen LogP contribution < -0.4 is 5.32 Å². The average Bonchev–Trinajstić information content (AvgIpc) is 3.44. The zero-order valence-corrected chi connectivity index (χ0v) is 13.2. The van der Waals surface area contributed by atoms with Crippen molar-refractivity contribution in [3.63, 3.8) is 0 Å². The zero-order valence-electron chi connectivity index (χ0n) is 13.2. The van der Waals surface area contributed by atoms with Crippen LogP contribution in [0.1, 0.15) is 39.1 Å². The van der Waals surface area contributed by atoms with E-state index in [2.05, 4.69) is 5.32 Å². The van der Waals surface area contributed by atoms with E-state index < -0.39 is 0 Å². The van der Waals surface area contributed by atoms with Crippen molar-refractivity contribution in [2.45, 2.75) is 25.4 Å². The normalized spacial score (nSPS) is 13.4. The lowest BCUT2D eigenvalue weighted by Crippen LogP contribution is -2.32. The summed E-state index contributed by atoms with van der Waals surface area (Å²) >= 11 is 0. The number of benzene rings is 2. The highest BCUT2D eigenvalue weighted by Gasteiger charge is 2.32. The lowest BCUT2D eigenvalue weighted by atomic mass is 10.1. The van der Waals surface area contributed by atoms with Gasteiger partial charge in [-0.3, -0.25) is 9.59 Å². The molecule has 1 saturated carbocycles. The number of carbonyl (C=O) groups is 2. The van der Waals surface area contributed by atoms with E-state index in [1.165, 1.54) is 0 Å². The van der Waals surface area contributed by atoms with E-state index in [1.54, 1.807) is 19.2 Å². The van der Waals surface area contributed by atoms with Crippen LogP contribution in [0.15, 0.2) is 54.6 Å². The summed E-state index contributed by atoms with van der Waals surface area (Å²) in [6.07, 6.45) is 2.13. The Bertz CT molecular complexity index is 691. The van der Waals surface area contributed by atoms with Crippen LogP contribution in [0.25, 0.3) is 0 Å². The van der Waals surface area contributed by atoms with Gasteiger partial charge in [0.05, 0.1) is 0 Å². The minimum absolute atomic E-state index is 0.0727. The summed E-state index contributed by atoms with van der Waals surface area (Å²) in [4.78, 5) is 26.2. The molecule has 1 aliphatic rings. The molecule has 2 amide bonds. The van der Waals surface area contributed by atoms with Gasteiger partial charge in [-0.25, -0.2) is 0 Å². The molecular formula is C19H20N2O2. The van der Waals surface area contributed by atoms with Crippen LogP contribution in [0.2, 0.25) is 0 Å². The van der Waals surface area contributed by atoms with Crippen LogP contribution in [-0.2, 0) is 6.54 Å². The van der Waals surface area contributed by atoms with Crippen LogP contribution in [0, 0.1) is 0 Å². The van der Waals surface area contributed by atoms with E-state index in [0.29, 0.717) is 18.2 Å². The van der Waals surface area contributed by atoms with E-state index in [-0.39, 0.29) is 11.8 Å². The van der Waals surface area contributed by atoms with Gasteiger partial charge in [0.25, 0.3) is 11.8 Å². The first kappa shape index (κ1) is 15.3. The fourth-order valence-corrected chi connectivity index (χ4v) is 2.60. The minimum Gasteiger partial charge on any atom is -0.355 e. The highest BCUT2D eigenvalue weighted by Crippen LogP contribution is 2.29. The molecule has 1 N–H and O–H groups in total. The smallest absolute Gasteiger partial charge is 0.254 e.